The van der Waals surface area contributed by atoms with Gasteiger partial charge in [0, 0.05) is 6.04 Å². The van der Waals surface area contributed by atoms with Gasteiger partial charge in [-0.15, -0.1) is 0 Å². The first-order valence-corrected chi connectivity index (χ1v) is 5.73. The Bertz CT molecular complexity index is 104. The molecule has 0 heterocycles. The number of thioether (sulfide) groups is 1. The number of hydrogen-bond donors (Lipinski definition) is 2. The summed E-state index contributed by atoms with van der Waals surface area (Å²) < 4.78 is 0. The van der Waals surface area contributed by atoms with Gasteiger partial charge >= 0.3 is 0 Å². The van der Waals surface area contributed by atoms with Crippen LogP contribution in [0.2, 0.25) is 0 Å². The van der Waals surface area contributed by atoms with E-state index in [0.29, 0.717) is 6.04 Å². The van der Waals surface area contributed by atoms with E-state index in [0.717, 1.165) is 5.92 Å². The summed E-state index contributed by atoms with van der Waals surface area (Å²) in [5.74, 6) is 7.56. The number of nitrogens with two attached hydrogens (primary N) is 1. The lowest BCUT2D eigenvalue weighted by molar-refractivity contribution is 0.226. The second kappa shape index (κ2) is 5.01. The van der Waals surface area contributed by atoms with Gasteiger partial charge in [-0.25, -0.2) is 0 Å². The van der Waals surface area contributed by atoms with Crippen molar-refractivity contribution in [1.82, 2.24) is 5.43 Å². The maximum Gasteiger partial charge on any atom is 0.0246 e. The van der Waals surface area contributed by atoms with Crippen molar-refractivity contribution < 1.29 is 0 Å². The molecule has 0 radical (unpaired) electrons. The maximum absolute atomic E-state index is 5.46. The minimum absolute atomic E-state index is 0.580. The highest BCUT2D eigenvalue weighted by Gasteiger charge is 2.25. The third-order valence-electron chi connectivity index (χ3n) is 2.57. The number of hydrogen-bond acceptors (Lipinski definition) is 3. The zero-order valence-corrected chi connectivity index (χ0v) is 7.99. The van der Waals surface area contributed by atoms with E-state index in [9.17, 15) is 0 Å². The van der Waals surface area contributed by atoms with Crippen molar-refractivity contribution >= 4 is 11.8 Å². The van der Waals surface area contributed by atoms with E-state index in [4.69, 9.17) is 5.84 Å². The summed E-state index contributed by atoms with van der Waals surface area (Å²) in [4.78, 5) is 0. The summed E-state index contributed by atoms with van der Waals surface area (Å²) in [6, 6.07) is 0.580. The van der Waals surface area contributed by atoms with Gasteiger partial charge < -0.3 is 0 Å². The molecular weight excluding hydrogens is 156 g/mol. The molecule has 11 heavy (non-hydrogen) atoms. The van der Waals surface area contributed by atoms with Crippen LogP contribution in [0, 0.1) is 5.92 Å². The second-order valence-electron chi connectivity index (χ2n) is 3.25. The Hall–Kier alpha value is 0.270. The molecule has 1 unspecified atom stereocenters. The van der Waals surface area contributed by atoms with Gasteiger partial charge in [0.25, 0.3) is 0 Å². The second-order valence-corrected chi connectivity index (χ2v) is 4.23. The van der Waals surface area contributed by atoms with Crippen LogP contribution in [0.4, 0.5) is 0 Å². The average Bonchev–Trinajstić information content (AvgIpc) is 1.93. The van der Waals surface area contributed by atoms with Gasteiger partial charge in [-0.2, -0.15) is 11.8 Å². The first-order valence-electron chi connectivity index (χ1n) is 4.33. The van der Waals surface area contributed by atoms with E-state index in [1.54, 1.807) is 0 Å². The number of nitrogens with one attached hydrogen (secondary N) is 1. The minimum Gasteiger partial charge on any atom is -0.271 e. The summed E-state index contributed by atoms with van der Waals surface area (Å²) in [7, 11) is 0. The van der Waals surface area contributed by atoms with Gasteiger partial charge in [0.1, 0.15) is 0 Å². The molecule has 1 fully saturated rings. The van der Waals surface area contributed by atoms with Crippen molar-refractivity contribution in [2.24, 2.45) is 11.8 Å². The van der Waals surface area contributed by atoms with Crippen LogP contribution in [0.25, 0.3) is 0 Å². The fourth-order valence-corrected chi connectivity index (χ4v) is 2.03. The summed E-state index contributed by atoms with van der Waals surface area (Å²) in [6.45, 7) is 0. The molecule has 0 bridgehead atoms. The van der Waals surface area contributed by atoms with Crippen LogP contribution in [-0.4, -0.2) is 18.1 Å². The Kier molecular flexibility index (Phi) is 4.26. The van der Waals surface area contributed by atoms with Gasteiger partial charge in [0.2, 0.25) is 0 Å². The van der Waals surface area contributed by atoms with Crippen molar-refractivity contribution in [3.8, 4) is 0 Å². The molecule has 0 amide bonds. The Morgan fingerprint density at radius 3 is 2.73 bits per heavy atom. The highest BCUT2D eigenvalue weighted by molar-refractivity contribution is 7.98. The summed E-state index contributed by atoms with van der Waals surface area (Å²) in [6.07, 6.45) is 7.53. The molecule has 0 aromatic carbocycles. The van der Waals surface area contributed by atoms with Crippen LogP contribution in [0.5, 0.6) is 0 Å². The fourth-order valence-electron chi connectivity index (χ4n) is 1.54. The Balaban J connectivity index is 2.13. The molecule has 0 aliphatic heterocycles. The van der Waals surface area contributed by atoms with Crippen molar-refractivity contribution in [3.63, 3.8) is 0 Å². The van der Waals surface area contributed by atoms with E-state index >= 15 is 0 Å². The van der Waals surface area contributed by atoms with Crippen LogP contribution in [0.3, 0.4) is 0 Å². The monoisotopic (exact) mass is 174 g/mol. The van der Waals surface area contributed by atoms with Crippen molar-refractivity contribution in [3.05, 3.63) is 0 Å². The lowest BCUT2D eigenvalue weighted by Crippen LogP contribution is -2.43. The summed E-state index contributed by atoms with van der Waals surface area (Å²) >= 11 is 1.90. The summed E-state index contributed by atoms with van der Waals surface area (Å²) in [5, 5.41) is 0. The Morgan fingerprint density at radius 2 is 2.36 bits per heavy atom. The van der Waals surface area contributed by atoms with Crippen molar-refractivity contribution in [2.75, 3.05) is 12.0 Å². The molecule has 0 spiro atoms. The van der Waals surface area contributed by atoms with Crippen molar-refractivity contribution in [1.29, 1.82) is 0 Å². The third kappa shape index (κ3) is 2.65. The smallest absolute Gasteiger partial charge is 0.0246 e. The number of rotatable bonds is 5. The Morgan fingerprint density at radius 1 is 1.64 bits per heavy atom. The standard InChI is InChI=1S/C8H18N2S/c1-11-6-5-8(10-9)7-3-2-4-7/h7-8,10H,2-6,9H2,1H3. The topological polar surface area (TPSA) is 38.0 Å². The largest absolute Gasteiger partial charge is 0.271 e. The lowest BCUT2D eigenvalue weighted by Gasteiger charge is -2.33. The predicted octanol–water partition coefficient (Wildman–Crippen LogP) is 1.37. The highest BCUT2D eigenvalue weighted by atomic mass is 32.2. The highest BCUT2D eigenvalue weighted by Crippen LogP contribution is 2.30. The molecule has 1 aliphatic carbocycles. The van der Waals surface area contributed by atoms with Crippen LogP contribution < -0.4 is 11.3 Å². The minimum atomic E-state index is 0.580. The molecule has 3 heteroatoms. The van der Waals surface area contributed by atoms with Crippen LogP contribution >= 0.6 is 11.8 Å². The first-order chi connectivity index (χ1) is 5.38. The Labute approximate surface area is 73.3 Å². The van der Waals surface area contributed by atoms with E-state index in [-0.39, 0.29) is 0 Å². The molecule has 0 aromatic heterocycles. The fraction of sp³-hybridized carbons (Fsp3) is 1.00. The molecule has 2 nitrogen and oxygen atoms in total. The van der Waals surface area contributed by atoms with Gasteiger partial charge in [-0.1, -0.05) is 6.42 Å². The molecule has 1 aliphatic rings. The third-order valence-corrected chi connectivity index (χ3v) is 3.21. The SMILES string of the molecule is CSCCC(NN)C1CCC1. The zero-order valence-electron chi connectivity index (χ0n) is 7.18. The van der Waals surface area contributed by atoms with Gasteiger partial charge in [0.05, 0.1) is 0 Å². The normalized spacial score (nSPS) is 21.3. The lowest BCUT2D eigenvalue weighted by atomic mass is 9.79. The molecule has 0 aromatic rings. The van der Waals surface area contributed by atoms with E-state index in [1.807, 2.05) is 11.8 Å². The van der Waals surface area contributed by atoms with Crippen LogP contribution in [0.15, 0.2) is 0 Å². The van der Waals surface area contributed by atoms with Crippen molar-refractivity contribution in [2.45, 2.75) is 31.7 Å². The van der Waals surface area contributed by atoms with Gasteiger partial charge in [-0.3, -0.25) is 11.3 Å². The van der Waals surface area contributed by atoms with E-state index in [2.05, 4.69) is 11.7 Å². The average molecular weight is 174 g/mol. The van der Waals surface area contributed by atoms with E-state index < -0.39 is 0 Å². The molecular formula is C8H18N2S. The molecule has 3 N–H and O–H groups in total. The zero-order chi connectivity index (χ0) is 8.10. The maximum atomic E-state index is 5.46. The molecule has 0 saturated heterocycles. The predicted molar refractivity (Wildman–Crippen MR) is 51.5 cm³/mol. The van der Waals surface area contributed by atoms with Gasteiger partial charge in [-0.05, 0) is 37.2 Å². The van der Waals surface area contributed by atoms with Crippen LogP contribution in [0.1, 0.15) is 25.7 Å². The quantitative estimate of drug-likeness (QED) is 0.488. The molecule has 1 rings (SSSR count). The molecule has 1 atom stereocenters. The molecule has 66 valence electrons. The van der Waals surface area contributed by atoms with Crippen LogP contribution in [-0.2, 0) is 0 Å². The first kappa shape index (κ1) is 9.36. The number of hydrazine groups is 1. The van der Waals surface area contributed by atoms with Gasteiger partial charge in [0.15, 0.2) is 0 Å². The summed E-state index contributed by atoms with van der Waals surface area (Å²) in [5.41, 5.74) is 2.93. The molecule has 1 saturated carbocycles. The van der Waals surface area contributed by atoms with E-state index in [1.165, 1.54) is 31.4 Å².